The summed E-state index contributed by atoms with van der Waals surface area (Å²) in [5.41, 5.74) is 0. The lowest BCUT2D eigenvalue weighted by atomic mass is 10.4. The molecular weight excluding hydrogens is 178 g/mol. The second-order valence-corrected chi connectivity index (χ2v) is 3.09. The van der Waals surface area contributed by atoms with E-state index in [4.69, 9.17) is 0 Å². The molecule has 0 spiro atoms. The quantitative estimate of drug-likeness (QED) is 0.763. The Morgan fingerprint density at radius 2 is 2.36 bits per heavy atom. The third kappa shape index (κ3) is 3.43. The molecule has 14 heavy (non-hydrogen) atoms. The van der Waals surface area contributed by atoms with Gasteiger partial charge in [-0.25, -0.2) is 4.98 Å². The molecule has 0 aromatic carbocycles. The molecule has 0 aliphatic rings. The number of nitrogens with zero attached hydrogens (tertiary/aromatic N) is 2. The Hall–Kier alpha value is -1.58. The van der Waals surface area contributed by atoms with E-state index >= 15 is 0 Å². The smallest absolute Gasteiger partial charge is 0.216 e. The highest BCUT2D eigenvalue weighted by Gasteiger charge is 2.00. The second kappa shape index (κ2) is 5.21. The van der Waals surface area contributed by atoms with E-state index in [1.165, 1.54) is 6.92 Å². The van der Waals surface area contributed by atoms with Crippen LogP contribution in [0.1, 0.15) is 6.92 Å². The van der Waals surface area contributed by atoms with Crippen LogP contribution in [-0.2, 0) is 4.79 Å². The van der Waals surface area contributed by atoms with Crippen molar-refractivity contribution in [3.8, 4) is 0 Å². The lowest BCUT2D eigenvalue weighted by molar-refractivity contribution is -0.118. The largest absolute Gasteiger partial charge is 0.358 e. The van der Waals surface area contributed by atoms with Crippen LogP contribution in [-0.4, -0.2) is 31.0 Å². The van der Waals surface area contributed by atoms with Crippen molar-refractivity contribution in [3.63, 3.8) is 0 Å². The van der Waals surface area contributed by atoms with E-state index < -0.39 is 0 Å². The SMILES string of the molecule is CC(=O)NCCN(C)c1ccccn1. The Morgan fingerprint density at radius 3 is 2.93 bits per heavy atom. The molecule has 0 bridgehead atoms. The summed E-state index contributed by atoms with van der Waals surface area (Å²) in [6.45, 7) is 2.92. The third-order valence-electron chi connectivity index (χ3n) is 1.86. The van der Waals surface area contributed by atoms with Crippen LogP contribution in [0.4, 0.5) is 5.82 Å². The highest BCUT2D eigenvalue weighted by Crippen LogP contribution is 2.04. The average Bonchev–Trinajstić information content (AvgIpc) is 2.18. The second-order valence-electron chi connectivity index (χ2n) is 3.09. The van der Waals surface area contributed by atoms with Gasteiger partial charge < -0.3 is 10.2 Å². The van der Waals surface area contributed by atoms with Gasteiger partial charge in [0.1, 0.15) is 5.82 Å². The van der Waals surface area contributed by atoms with Crippen molar-refractivity contribution in [2.75, 3.05) is 25.0 Å². The predicted molar refractivity (Wildman–Crippen MR) is 56.2 cm³/mol. The number of aromatic nitrogens is 1. The van der Waals surface area contributed by atoms with Gasteiger partial charge in [0.05, 0.1) is 0 Å². The van der Waals surface area contributed by atoms with Crippen LogP contribution in [0, 0.1) is 0 Å². The molecule has 1 aromatic rings. The first-order chi connectivity index (χ1) is 6.70. The van der Waals surface area contributed by atoms with Gasteiger partial charge in [0.25, 0.3) is 0 Å². The van der Waals surface area contributed by atoms with Crippen molar-refractivity contribution in [2.24, 2.45) is 0 Å². The predicted octanol–water partition coefficient (Wildman–Crippen LogP) is 0.654. The molecule has 0 atom stereocenters. The summed E-state index contributed by atoms with van der Waals surface area (Å²) in [6, 6.07) is 5.76. The zero-order chi connectivity index (χ0) is 10.4. The van der Waals surface area contributed by atoms with Gasteiger partial charge in [-0.1, -0.05) is 6.07 Å². The number of rotatable bonds is 4. The molecular formula is C10H15N3O. The molecule has 0 fully saturated rings. The summed E-state index contributed by atoms with van der Waals surface area (Å²) < 4.78 is 0. The van der Waals surface area contributed by atoms with Gasteiger partial charge >= 0.3 is 0 Å². The minimum absolute atomic E-state index is 0.000536. The Balaban J connectivity index is 2.36. The van der Waals surface area contributed by atoms with E-state index in [-0.39, 0.29) is 5.91 Å². The highest BCUT2D eigenvalue weighted by molar-refractivity contribution is 5.72. The van der Waals surface area contributed by atoms with Gasteiger partial charge in [-0.3, -0.25) is 4.79 Å². The summed E-state index contributed by atoms with van der Waals surface area (Å²) in [4.78, 5) is 16.8. The number of hydrogen-bond acceptors (Lipinski definition) is 3. The Morgan fingerprint density at radius 1 is 1.57 bits per heavy atom. The molecule has 0 saturated heterocycles. The van der Waals surface area contributed by atoms with E-state index in [2.05, 4.69) is 10.3 Å². The topological polar surface area (TPSA) is 45.2 Å². The number of pyridine rings is 1. The lowest BCUT2D eigenvalue weighted by Gasteiger charge is -2.17. The average molecular weight is 193 g/mol. The summed E-state index contributed by atoms with van der Waals surface area (Å²) in [7, 11) is 1.95. The zero-order valence-electron chi connectivity index (χ0n) is 8.53. The van der Waals surface area contributed by atoms with Crippen molar-refractivity contribution in [1.29, 1.82) is 0 Å². The van der Waals surface area contributed by atoms with Gasteiger partial charge in [-0.05, 0) is 12.1 Å². The fourth-order valence-corrected chi connectivity index (χ4v) is 1.09. The van der Waals surface area contributed by atoms with E-state index in [9.17, 15) is 4.79 Å². The van der Waals surface area contributed by atoms with Crippen LogP contribution in [0.3, 0.4) is 0 Å². The van der Waals surface area contributed by atoms with E-state index in [0.717, 1.165) is 12.4 Å². The van der Waals surface area contributed by atoms with Gasteiger partial charge in [0.2, 0.25) is 5.91 Å². The van der Waals surface area contributed by atoms with E-state index in [0.29, 0.717) is 6.54 Å². The van der Waals surface area contributed by atoms with Crippen LogP contribution in [0.2, 0.25) is 0 Å². The minimum atomic E-state index is -0.000536. The minimum Gasteiger partial charge on any atom is -0.358 e. The Kier molecular flexibility index (Phi) is 3.91. The summed E-state index contributed by atoms with van der Waals surface area (Å²) in [5.74, 6) is 0.914. The van der Waals surface area contributed by atoms with Crippen LogP contribution in [0.5, 0.6) is 0 Å². The molecule has 1 heterocycles. The van der Waals surface area contributed by atoms with Crippen molar-refractivity contribution in [2.45, 2.75) is 6.92 Å². The molecule has 1 aromatic heterocycles. The molecule has 0 aliphatic heterocycles. The maximum atomic E-state index is 10.6. The first-order valence-corrected chi connectivity index (χ1v) is 4.57. The van der Waals surface area contributed by atoms with Crippen molar-refractivity contribution in [1.82, 2.24) is 10.3 Å². The van der Waals surface area contributed by atoms with Crippen LogP contribution in [0.15, 0.2) is 24.4 Å². The molecule has 4 nitrogen and oxygen atoms in total. The number of carbonyl (C=O) groups is 1. The monoisotopic (exact) mass is 193 g/mol. The van der Waals surface area contributed by atoms with Crippen molar-refractivity contribution >= 4 is 11.7 Å². The number of amides is 1. The van der Waals surface area contributed by atoms with Gasteiger partial charge in [0.15, 0.2) is 0 Å². The van der Waals surface area contributed by atoms with Crippen LogP contribution >= 0.6 is 0 Å². The molecule has 76 valence electrons. The van der Waals surface area contributed by atoms with Gasteiger partial charge in [-0.15, -0.1) is 0 Å². The van der Waals surface area contributed by atoms with Crippen molar-refractivity contribution < 1.29 is 4.79 Å². The summed E-state index contributed by atoms with van der Waals surface area (Å²) in [5, 5.41) is 2.74. The maximum absolute atomic E-state index is 10.6. The molecule has 1 N–H and O–H groups in total. The number of nitrogens with one attached hydrogen (secondary N) is 1. The Bertz CT molecular complexity index is 287. The Labute approximate surface area is 83.9 Å². The number of anilines is 1. The van der Waals surface area contributed by atoms with Crippen molar-refractivity contribution in [3.05, 3.63) is 24.4 Å². The lowest BCUT2D eigenvalue weighted by Crippen LogP contribution is -2.31. The highest BCUT2D eigenvalue weighted by atomic mass is 16.1. The summed E-state index contributed by atoms with van der Waals surface area (Å²) in [6.07, 6.45) is 1.75. The molecule has 0 radical (unpaired) electrons. The first kappa shape index (κ1) is 10.5. The molecule has 4 heteroatoms. The number of likely N-dealkylation sites (N-methyl/N-ethyl adjacent to an activating group) is 1. The molecule has 0 aliphatic carbocycles. The normalized spacial score (nSPS) is 9.57. The summed E-state index contributed by atoms with van der Waals surface area (Å²) >= 11 is 0. The third-order valence-corrected chi connectivity index (χ3v) is 1.86. The fourth-order valence-electron chi connectivity index (χ4n) is 1.09. The zero-order valence-corrected chi connectivity index (χ0v) is 8.53. The van der Waals surface area contributed by atoms with E-state index in [1.807, 2.05) is 30.1 Å². The van der Waals surface area contributed by atoms with Crippen LogP contribution < -0.4 is 10.2 Å². The van der Waals surface area contributed by atoms with E-state index in [1.54, 1.807) is 6.20 Å². The van der Waals surface area contributed by atoms with Gasteiger partial charge in [-0.2, -0.15) is 0 Å². The maximum Gasteiger partial charge on any atom is 0.216 e. The molecule has 0 unspecified atom stereocenters. The molecule has 1 amide bonds. The standard InChI is InChI=1S/C10H15N3O/c1-9(14)11-7-8-13(2)10-5-3-4-6-12-10/h3-6H,7-8H2,1-2H3,(H,11,14). The number of hydrogen-bond donors (Lipinski definition) is 1. The fraction of sp³-hybridized carbons (Fsp3) is 0.400. The first-order valence-electron chi connectivity index (χ1n) is 4.57. The number of carbonyl (C=O) groups excluding carboxylic acids is 1. The molecule has 1 rings (SSSR count). The van der Waals surface area contributed by atoms with Crippen LogP contribution in [0.25, 0.3) is 0 Å². The van der Waals surface area contributed by atoms with Gasteiger partial charge in [0, 0.05) is 33.3 Å². The molecule has 0 saturated carbocycles.